The molecule has 1 fully saturated rings. The van der Waals surface area contributed by atoms with Crippen LogP contribution < -0.4 is 15.0 Å². The van der Waals surface area contributed by atoms with Crippen molar-refractivity contribution in [1.82, 2.24) is 5.32 Å². The number of aryl methyl sites for hydroxylation is 1. The molecule has 3 aromatic carbocycles. The molecule has 1 unspecified atom stereocenters. The fourth-order valence-electron chi connectivity index (χ4n) is 4.36. The minimum absolute atomic E-state index is 0.440. The van der Waals surface area contributed by atoms with Crippen molar-refractivity contribution in [3.05, 3.63) is 95.6 Å². The number of anilines is 1. The summed E-state index contributed by atoms with van der Waals surface area (Å²) in [5.74, 6) is 0.938. The van der Waals surface area contributed by atoms with Crippen LogP contribution in [0.1, 0.15) is 30.5 Å². The average molecular weight is 401 g/mol. The van der Waals surface area contributed by atoms with Crippen molar-refractivity contribution in [3.8, 4) is 5.75 Å². The van der Waals surface area contributed by atoms with Crippen LogP contribution in [0.4, 0.5) is 5.69 Å². The number of hydrogen-bond donors (Lipinski definition) is 1. The molecule has 1 heterocycles. The summed E-state index contributed by atoms with van der Waals surface area (Å²) in [5, 5.41) is 3.44. The first-order valence-electron chi connectivity index (χ1n) is 11.0. The molecular weight excluding hydrogens is 368 g/mol. The Morgan fingerprint density at radius 2 is 1.57 bits per heavy atom. The van der Waals surface area contributed by atoms with E-state index in [1.54, 1.807) is 0 Å². The van der Waals surface area contributed by atoms with Gasteiger partial charge in [-0.3, -0.25) is 0 Å². The van der Waals surface area contributed by atoms with Crippen LogP contribution >= 0.6 is 0 Å². The number of benzene rings is 3. The van der Waals surface area contributed by atoms with Gasteiger partial charge in [0.25, 0.3) is 0 Å². The van der Waals surface area contributed by atoms with E-state index in [-0.39, 0.29) is 0 Å². The Morgan fingerprint density at radius 3 is 2.23 bits per heavy atom. The molecule has 3 nitrogen and oxygen atoms in total. The highest BCUT2D eigenvalue weighted by molar-refractivity contribution is 5.57. The lowest BCUT2D eigenvalue weighted by Gasteiger charge is -2.34. The highest BCUT2D eigenvalue weighted by Crippen LogP contribution is 2.34. The van der Waals surface area contributed by atoms with Gasteiger partial charge in [0.1, 0.15) is 11.4 Å². The summed E-state index contributed by atoms with van der Waals surface area (Å²) in [4.78, 5) is 2.49. The van der Waals surface area contributed by atoms with Crippen molar-refractivity contribution in [2.24, 2.45) is 0 Å². The van der Waals surface area contributed by atoms with Gasteiger partial charge in [-0.25, -0.2) is 0 Å². The lowest BCUT2D eigenvalue weighted by molar-refractivity contribution is 0.0872. The maximum Gasteiger partial charge on any atom is 0.135 e. The smallest absolute Gasteiger partial charge is 0.135 e. The van der Waals surface area contributed by atoms with Crippen molar-refractivity contribution in [3.63, 3.8) is 0 Å². The summed E-state index contributed by atoms with van der Waals surface area (Å²) in [7, 11) is 0. The normalized spacial score (nSPS) is 16.1. The second-order valence-electron chi connectivity index (χ2n) is 8.24. The van der Waals surface area contributed by atoms with E-state index in [9.17, 15) is 0 Å². The molecule has 0 amide bonds. The van der Waals surface area contributed by atoms with Gasteiger partial charge in [-0.1, -0.05) is 67.6 Å². The van der Waals surface area contributed by atoms with Crippen molar-refractivity contribution >= 4 is 5.69 Å². The van der Waals surface area contributed by atoms with E-state index in [0.29, 0.717) is 0 Å². The van der Waals surface area contributed by atoms with Gasteiger partial charge in [0.2, 0.25) is 0 Å². The average Bonchev–Trinajstić information content (AvgIpc) is 2.81. The molecule has 3 heteroatoms. The van der Waals surface area contributed by atoms with Crippen molar-refractivity contribution in [1.29, 1.82) is 0 Å². The molecule has 156 valence electrons. The predicted octanol–water partition coefficient (Wildman–Crippen LogP) is 5.20. The highest BCUT2D eigenvalue weighted by Gasteiger charge is 2.29. The molecule has 0 saturated carbocycles. The number of nitrogens with zero attached hydrogens (tertiary/aromatic N) is 1. The fourth-order valence-corrected chi connectivity index (χ4v) is 4.36. The second-order valence-corrected chi connectivity index (χ2v) is 8.24. The SMILES string of the molecule is CCc1cc(OC(C)(Cc2ccccc2)c2ccccc2)ccc1N1CCNCC1. The maximum atomic E-state index is 6.75. The molecule has 1 aliphatic heterocycles. The fraction of sp³-hybridized carbons (Fsp3) is 0.333. The van der Waals surface area contributed by atoms with Crippen molar-refractivity contribution < 1.29 is 4.74 Å². The zero-order valence-electron chi connectivity index (χ0n) is 18.1. The standard InChI is InChI=1S/C27H32N2O/c1-3-23-20-25(14-15-26(23)29-18-16-28-17-19-29)30-27(2,24-12-8-5-9-13-24)21-22-10-6-4-7-11-22/h4-15,20,28H,3,16-19,21H2,1-2H3. The molecular formula is C27H32N2O. The molecule has 0 radical (unpaired) electrons. The second kappa shape index (κ2) is 9.36. The lowest BCUT2D eigenvalue weighted by atomic mass is 9.88. The molecule has 0 aromatic heterocycles. The van der Waals surface area contributed by atoms with Gasteiger partial charge < -0.3 is 15.0 Å². The quantitative estimate of drug-likeness (QED) is 0.590. The summed E-state index contributed by atoms with van der Waals surface area (Å²) in [5.41, 5.74) is 4.72. The molecule has 1 saturated heterocycles. The summed E-state index contributed by atoms with van der Waals surface area (Å²) in [6, 6.07) is 27.8. The number of nitrogens with one attached hydrogen (secondary N) is 1. The summed E-state index contributed by atoms with van der Waals surface area (Å²) < 4.78 is 6.75. The van der Waals surface area contributed by atoms with Crippen molar-refractivity contribution in [2.75, 3.05) is 31.1 Å². The maximum absolute atomic E-state index is 6.75. The van der Waals surface area contributed by atoms with Crippen LogP contribution in [0.25, 0.3) is 0 Å². The Kier molecular flexibility index (Phi) is 6.39. The van der Waals surface area contributed by atoms with E-state index in [4.69, 9.17) is 4.74 Å². The Labute approximate surface area is 180 Å². The van der Waals surface area contributed by atoms with E-state index in [1.165, 1.54) is 22.4 Å². The van der Waals surface area contributed by atoms with Crippen LogP contribution in [-0.4, -0.2) is 26.2 Å². The molecule has 0 aliphatic carbocycles. The Bertz CT molecular complexity index is 936. The first-order valence-corrected chi connectivity index (χ1v) is 11.0. The molecule has 0 spiro atoms. The van der Waals surface area contributed by atoms with E-state index < -0.39 is 5.60 Å². The third kappa shape index (κ3) is 4.68. The van der Waals surface area contributed by atoms with Crippen LogP contribution in [0.15, 0.2) is 78.9 Å². The predicted molar refractivity (Wildman–Crippen MR) is 125 cm³/mol. The largest absolute Gasteiger partial charge is 0.483 e. The monoisotopic (exact) mass is 400 g/mol. The first-order chi connectivity index (χ1) is 14.7. The van der Waals surface area contributed by atoms with E-state index in [0.717, 1.165) is 44.8 Å². The molecule has 0 bridgehead atoms. The number of ether oxygens (including phenoxy) is 1. The highest BCUT2D eigenvalue weighted by atomic mass is 16.5. The molecule has 4 rings (SSSR count). The van der Waals surface area contributed by atoms with Gasteiger partial charge >= 0.3 is 0 Å². The molecule has 3 aromatic rings. The van der Waals surface area contributed by atoms with Gasteiger partial charge in [-0.2, -0.15) is 0 Å². The summed E-state index contributed by atoms with van der Waals surface area (Å²) >= 11 is 0. The Morgan fingerprint density at radius 1 is 0.900 bits per heavy atom. The Balaban J connectivity index is 1.64. The third-order valence-corrected chi connectivity index (χ3v) is 6.00. The number of rotatable bonds is 7. The van der Waals surface area contributed by atoms with Crippen LogP contribution in [0, 0.1) is 0 Å². The van der Waals surface area contributed by atoms with Gasteiger partial charge in [-0.05, 0) is 48.2 Å². The van der Waals surface area contributed by atoms with Gasteiger partial charge in [-0.15, -0.1) is 0 Å². The van der Waals surface area contributed by atoms with Gasteiger partial charge in [0.15, 0.2) is 0 Å². The van der Waals surface area contributed by atoms with Crippen LogP contribution in [0.2, 0.25) is 0 Å². The van der Waals surface area contributed by atoms with E-state index >= 15 is 0 Å². The minimum Gasteiger partial charge on any atom is -0.483 e. The number of hydrogen-bond acceptors (Lipinski definition) is 3. The molecule has 1 aliphatic rings. The van der Waals surface area contributed by atoms with Gasteiger partial charge in [0.05, 0.1) is 0 Å². The first kappa shape index (κ1) is 20.5. The molecule has 1 N–H and O–H groups in total. The topological polar surface area (TPSA) is 24.5 Å². The van der Waals surface area contributed by atoms with Crippen molar-refractivity contribution in [2.45, 2.75) is 32.3 Å². The Hall–Kier alpha value is -2.78. The third-order valence-electron chi connectivity index (χ3n) is 6.00. The zero-order valence-corrected chi connectivity index (χ0v) is 18.1. The van der Waals surface area contributed by atoms with Crippen LogP contribution in [0.5, 0.6) is 5.75 Å². The zero-order chi connectivity index (χ0) is 20.8. The van der Waals surface area contributed by atoms with Crippen LogP contribution in [-0.2, 0) is 18.4 Å². The lowest BCUT2D eigenvalue weighted by Crippen LogP contribution is -2.43. The summed E-state index contributed by atoms with van der Waals surface area (Å²) in [6.07, 6.45) is 1.82. The number of piperazine rings is 1. The summed E-state index contributed by atoms with van der Waals surface area (Å²) in [6.45, 7) is 8.64. The minimum atomic E-state index is -0.440. The van der Waals surface area contributed by atoms with Gasteiger partial charge in [0, 0.05) is 38.3 Å². The molecule has 1 atom stereocenters. The van der Waals surface area contributed by atoms with E-state index in [1.807, 2.05) is 0 Å². The van der Waals surface area contributed by atoms with Crippen LogP contribution in [0.3, 0.4) is 0 Å². The van der Waals surface area contributed by atoms with E-state index in [2.05, 4.69) is 103 Å². The molecule has 30 heavy (non-hydrogen) atoms.